The van der Waals surface area contributed by atoms with Crippen molar-refractivity contribution in [3.05, 3.63) is 93.0 Å². The number of carbonyl (C=O) groups excluding carboxylic acids is 1. The maximum atomic E-state index is 13.3. The Morgan fingerprint density at radius 1 is 0.787 bits per heavy atom. The Bertz CT molecular complexity index is 2440. The fourth-order valence-corrected chi connectivity index (χ4v) is 7.75. The summed E-state index contributed by atoms with van der Waals surface area (Å²) >= 11 is 0. The van der Waals surface area contributed by atoms with E-state index in [4.69, 9.17) is 0 Å². The Labute approximate surface area is 267 Å². The lowest BCUT2D eigenvalue weighted by molar-refractivity contribution is -0.385. The van der Waals surface area contributed by atoms with E-state index in [-0.39, 0.29) is 22.5 Å². The van der Waals surface area contributed by atoms with Gasteiger partial charge in [0.25, 0.3) is 41.9 Å². The van der Waals surface area contributed by atoms with Crippen molar-refractivity contribution in [3.63, 3.8) is 0 Å². The second-order valence-electron chi connectivity index (χ2n) is 10.1. The average molecular weight is 730 g/mol. The Morgan fingerprint density at radius 2 is 1.38 bits per heavy atom. The Morgan fingerprint density at radius 3 is 1.94 bits per heavy atom. The highest BCUT2D eigenvalue weighted by atomic mass is 32.2. The van der Waals surface area contributed by atoms with Gasteiger partial charge in [-0.25, -0.2) is 8.42 Å². The van der Waals surface area contributed by atoms with Gasteiger partial charge in [0.2, 0.25) is 10.0 Å². The molecule has 250 valence electrons. The van der Waals surface area contributed by atoms with Gasteiger partial charge in [-0.15, -0.1) is 0 Å². The molecule has 0 aliphatic carbocycles. The van der Waals surface area contributed by atoms with Crippen LogP contribution in [0.4, 0.5) is 17.1 Å². The monoisotopic (exact) mass is 729 g/mol. The predicted molar refractivity (Wildman–Crippen MR) is 167 cm³/mol. The Balaban J connectivity index is 1.75. The minimum atomic E-state index is -5.35. The first-order valence-corrected chi connectivity index (χ1v) is 18.6. The Hall–Kier alpha value is -4.51. The van der Waals surface area contributed by atoms with Crippen LogP contribution in [0.3, 0.4) is 0 Å². The molecule has 0 fully saturated rings. The molecule has 17 nitrogen and oxygen atoms in total. The molecule has 0 bridgehead atoms. The summed E-state index contributed by atoms with van der Waals surface area (Å²) in [6, 6.07) is 9.90. The highest BCUT2D eigenvalue weighted by Gasteiger charge is 2.27. The zero-order valence-corrected chi connectivity index (χ0v) is 27.2. The molecule has 21 heteroatoms. The lowest BCUT2D eigenvalue weighted by Crippen LogP contribution is -2.17. The number of anilines is 2. The van der Waals surface area contributed by atoms with Gasteiger partial charge in [-0.2, -0.15) is 25.3 Å². The number of amides is 1. The lowest BCUT2D eigenvalue weighted by Gasteiger charge is -2.16. The van der Waals surface area contributed by atoms with Crippen LogP contribution in [-0.4, -0.2) is 58.2 Å². The smallest absolute Gasteiger partial charge is 0.295 e. The summed E-state index contributed by atoms with van der Waals surface area (Å²) in [5.41, 5.74) is -0.244. The number of nitro groups is 1. The molecule has 0 saturated heterocycles. The molecular weight excluding hydrogens is 707 g/mol. The first kappa shape index (κ1) is 35.3. The van der Waals surface area contributed by atoms with E-state index in [0.29, 0.717) is 35.4 Å². The standard InChI is InChI=1S/C26H23N3O14S4/c1-14-6-15(2)23(29(31)32)12-21(14)26(30)27-18-5-3-4-16(7-18)13-44(33,34)28-22-10-19(45(35,36)37)8-17-9-20(46(38,39)40)11-24(25(17)22)47(41,42)43/h3-12,28H,13H2,1-2H3,(H,27,30)(H,35,36,37)(H,38,39,40)(H,41,42,43). The van der Waals surface area contributed by atoms with E-state index in [1.807, 2.05) is 4.72 Å². The molecular formula is C26H23N3O14S4. The average Bonchev–Trinajstić information content (AvgIpc) is 2.90. The summed E-state index contributed by atoms with van der Waals surface area (Å²) < 4.78 is 129. The van der Waals surface area contributed by atoms with Gasteiger partial charge in [0.15, 0.2) is 0 Å². The van der Waals surface area contributed by atoms with Crippen molar-refractivity contribution >= 4 is 74.1 Å². The molecule has 0 saturated carbocycles. The molecule has 0 radical (unpaired) electrons. The summed E-state index contributed by atoms with van der Waals surface area (Å²) in [6.07, 6.45) is 0. The van der Waals surface area contributed by atoms with Gasteiger partial charge >= 0.3 is 0 Å². The summed E-state index contributed by atoms with van der Waals surface area (Å²) in [7, 11) is -20.2. The second kappa shape index (κ2) is 12.3. The molecule has 4 rings (SSSR count). The van der Waals surface area contributed by atoms with Crippen molar-refractivity contribution in [2.75, 3.05) is 10.0 Å². The van der Waals surface area contributed by atoms with Gasteiger partial charge in [-0.05, 0) is 72.8 Å². The van der Waals surface area contributed by atoms with Gasteiger partial charge in [0.1, 0.15) is 4.90 Å². The first-order chi connectivity index (χ1) is 21.5. The third-order valence-electron chi connectivity index (χ3n) is 6.62. The molecule has 0 heterocycles. The number of nitro benzene ring substituents is 1. The van der Waals surface area contributed by atoms with Crippen molar-refractivity contribution in [1.29, 1.82) is 0 Å². The van der Waals surface area contributed by atoms with Gasteiger partial charge in [-0.1, -0.05) is 12.1 Å². The third-order valence-corrected chi connectivity index (χ3v) is 10.4. The number of fused-ring (bicyclic) bond motifs is 1. The maximum Gasteiger partial charge on any atom is 0.295 e. The van der Waals surface area contributed by atoms with Crippen molar-refractivity contribution in [2.45, 2.75) is 34.3 Å². The zero-order valence-electron chi connectivity index (χ0n) is 23.9. The molecule has 0 aliphatic rings. The molecule has 4 aromatic rings. The van der Waals surface area contributed by atoms with E-state index in [9.17, 15) is 62.2 Å². The molecule has 47 heavy (non-hydrogen) atoms. The van der Waals surface area contributed by atoms with Crippen LogP contribution in [0.1, 0.15) is 27.0 Å². The summed E-state index contributed by atoms with van der Waals surface area (Å²) in [6.45, 7) is 3.07. The van der Waals surface area contributed by atoms with Crippen molar-refractivity contribution in [3.8, 4) is 0 Å². The van der Waals surface area contributed by atoms with Crippen molar-refractivity contribution in [2.24, 2.45) is 0 Å². The third kappa shape index (κ3) is 8.08. The van der Waals surface area contributed by atoms with Crippen LogP contribution in [0.5, 0.6) is 0 Å². The van der Waals surface area contributed by atoms with Crippen LogP contribution in [0.25, 0.3) is 10.8 Å². The maximum absolute atomic E-state index is 13.3. The number of sulfonamides is 1. The molecule has 0 spiro atoms. The first-order valence-electron chi connectivity index (χ1n) is 12.7. The fourth-order valence-electron chi connectivity index (χ4n) is 4.65. The summed E-state index contributed by atoms with van der Waals surface area (Å²) in [4.78, 5) is 20.3. The van der Waals surface area contributed by atoms with Crippen LogP contribution < -0.4 is 10.0 Å². The summed E-state index contributed by atoms with van der Waals surface area (Å²) in [5.74, 6) is -1.62. The van der Waals surface area contributed by atoms with Crippen LogP contribution in [0.2, 0.25) is 0 Å². The number of hydrogen-bond acceptors (Lipinski definition) is 11. The Kier molecular flexibility index (Phi) is 9.22. The molecule has 0 aliphatic heterocycles. The minimum Gasteiger partial charge on any atom is -0.322 e. The van der Waals surface area contributed by atoms with E-state index < -0.39 is 88.1 Å². The summed E-state index contributed by atoms with van der Waals surface area (Å²) in [5, 5.41) is 12.5. The van der Waals surface area contributed by atoms with Crippen LogP contribution >= 0.6 is 0 Å². The van der Waals surface area contributed by atoms with Crippen molar-refractivity contribution in [1.82, 2.24) is 0 Å². The largest absolute Gasteiger partial charge is 0.322 e. The van der Waals surface area contributed by atoms with E-state index in [2.05, 4.69) is 5.32 Å². The fraction of sp³-hybridized carbons (Fsp3) is 0.115. The molecule has 0 unspecified atom stereocenters. The van der Waals surface area contributed by atoms with Crippen LogP contribution in [-0.2, 0) is 46.1 Å². The van der Waals surface area contributed by atoms with Crippen LogP contribution in [0, 0.1) is 24.0 Å². The lowest BCUT2D eigenvalue weighted by atomic mass is 10.0. The number of nitrogens with zero attached hydrogens (tertiary/aromatic N) is 1. The molecule has 5 N–H and O–H groups in total. The SMILES string of the molecule is Cc1cc(C)c([N+](=O)[O-])cc1C(=O)Nc1cccc(CS(=O)(=O)Nc2cc(S(=O)(=O)O)cc3cc(S(=O)(=O)O)cc(S(=O)(=O)O)c23)c1. The van der Waals surface area contributed by atoms with Gasteiger partial charge in [0, 0.05) is 28.3 Å². The minimum absolute atomic E-state index is 0.0145. The number of carbonyl (C=O) groups is 1. The topological polar surface area (TPSA) is 282 Å². The number of benzene rings is 4. The number of aryl methyl sites for hydroxylation is 2. The molecule has 0 aromatic heterocycles. The van der Waals surface area contributed by atoms with E-state index in [1.54, 1.807) is 6.92 Å². The molecule has 0 atom stereocenters. The molecule has 1 amide bonds. The quantitative estimate of drug-likeness (QED) is 0.0890. The van der Waals surface area contributed by atoms with Crippen LogP contribution in [0.15, 0.2) is 75.4 Å². The van der Waals surface area contributed by atoms with Gasteiger partial charge in [-0.3, -0.25) is 33.3 Å². The van der Waals surface area contributed by atoms with Crippen molar-refractivity contribution < 1.29 is 57.0 Å². The number of rotatable bonds is 10. The highest BCUT2D eigenvalue weighted by molar-refractivity contribution is 7.92. The van der Waals surface area contributed by atoms with Gasteiger partial charge in [0.05, 0.1) is 26.2 Å². The number of hydrogen-bond donors (Lipinski definition) is 5. The highest BCUT2D eigenvalue weighted by Crippen LogP contribution is 2.36. The molecule has 4 aromatic carbocycles. The van der Waals surface area contributed by atoms with E-state index in [1.165, 1.54) is 37.3 Å². The van der Waals surface area contributed by atoms with Gasteiger partial charge < -0.3 is 5.32 Å². The zero-order chi connectivity index (χ0) is 35.3. The van der Waals surface area contributed by atoms with E-state index in [0.717, 1.165) is 6.07 Å². The number of nitrogens with one attached hydrogen (secondary N) is 2. The normalized spacial score (nSPS) is 12.5. The predicted octanol–water partition coefficient (Wildman–Crippen LogP) is 3.30. The van der Waals surface area contributed by atoms with E-state index >= 15 is 0 Å². The second-order valence-corrected chi connectivity index (χ2v) is 16.1.